The molecule has 0 atom stereocenters. The average Bonchev–Trinajstić information content (AvgIpc) is 2.08. The fraction of sp³-hybridized carbons (Fsp3) is 0.375. The number of aryl methyl sites for hydroxylation is 1. The number of alkyl halides is 3. The van der Waals surface area contributed by atoms with Crippen LogP contribution in [0.2, 0.25) is 5.02 Å². The third-order valence-corrected chi connectivity index (χ3v) is 2.58. The Morgan fingerprint density at radius 3 is 2.69 bits per heavy atom. The number of pyridine rings is 1. The zero-order valence-corrected chi connectivity index (χ0v) is 9.16. The van der Waals surface area contributed by atoms with Gasteiger partial charge in [0.05, 0.1) is 5.02 Å². The van der Waals surface area contributed by atoms with Gasteiger partial charge in [-0.25, -0.2) is 8.78 Å². The summed E-state index contributed by atoms with van der Waals surface area (Å²) in [6.45, 7) is 1.66. The Balaban J connectivity index is 3.27. The van der Waals surface area contributed by atoms with Gasteiger partial charge in [-0.2, -0.15) is 0 Å². The molecule has 0 unspecified atom stereocenters. The molecule has 5 heteroatoms. The molecule has 0 aromatic carbocycles. The van der Waals surface area contributed by atoms with Crippen molar-refractivity contribution in [2.75, 3.05) is 0 Å². The zero-order chi connectivity index (χ0) is 10.0. The highest BCUT2D eigenvalue weighted by atomic mass is 79.9. The molecule has 0 amide bonds. The van der Waals surface area contributed by atoms with E-state index in [2.05, 4.69) is 20.9 Å². The van der Waals surface area contributed by atoms with Crippen LogP contribution in [0.5, 0.6) is 0 Å². The quantitative estimate of drug-likeness (QED) is 0.743. The molecule has 1 rings (SSSR count). The number of rotatable bonds is 2. The van der Waals surface area contributed by atoms with Crippen molar-refractivity contribution >= 4 is 27.5 Å². The molecule has 0 bridgehead atoms. The van der Waals surface area contributed by atoms with Crippen LogP contribution in [0.15, 0.2) is 6.07 Å². The summed E-state index contributed by atoms with van der Waals surface area (Å²) in [5.74, 6) is 0. The minimum Gasteiger partial charge on any atom is -0.251 e. The first kappa shape index (κ1) is 10.9. The molecule has 0 aliphatic heterocycles. The Kier molecular flexibility index (Phi) is 3.62. The van der Waals surface area contributed by atoms with E-state index < -0.39 is 6.43 Å². The van der Waals surface area contributed by atoms with Crippen molar-refractivity contribution in [3.8, 4) is 0 Å². The minimum absolute atomic E-state index is 0.0532. The smallest absolute Gasteiger partial charge is 0.251 e. The summed E-state index contributed by atoms with van der Waals surface area (Å²) < 4.78 is 24.7. The molecule has 0 N–H and O–H groups in total. The van der Waals surface area contributed by atoms with Gasteiger partial charge in [-0.05, 0) is 18.6 Å². The lowest BCUT2D eigenvalue weighted by molar-refractivity contribution is 0.146. The van der Waals surface area contributed by atoms with Gasteiger partial charge >= 0.3 is 0 Å². The van der Waals surface area contributed by atoms with Crippen molar-refractivity contribution in [3.05, 3.63) is 28.0 Å². The van der Waals surface area contributed by atoms with Crippen LogP contribution < -0.4 is 0 Å². The highest BCUT2D eigenvalue weighted by molar-refractivity contribution is 9.08. The molecular weight excluding hydrogens is 263 g/mol. The zero-order valence-electron chi connectivity index (χ0n) is 6.82. The van der Waals surface area contributed by atoms with E-state index in [1.54, 1.807) is 13.0 Å². The minimum atomic E-state index is -2.62. The fourth-order valence-electron chi connectivity index (χ4n) is 0.993. The van der Waals surface area contributed by atoms with E-state index in [9.17, 15) is 8.78 Å². The largest absolute Gasteiger partial charge is 0.281 e. The summed E-state index contributed by atoms with van der Waals surface area (Å²) in [6, 6.07) is 1.68. The fourth-order valence-corrected chi connectivity index (χ4v) is 1.84. The van der Waals surface area contributed by atoms with Gasteiger partial charge in [0, 0.05) is 11.0 Å². The predicted molar refractivity (Wildman–Crippen MR) is 51.6 cm³/mol. The van der Waals surface area contributed by atoms with Crippen molar-refractivity contribution < 1.29 is 8.78 Å². The van der Waals surface area contributed by atoms with Gasteiger partial charge in [-0.1, -0.05) is 27.5 Å². The van der Waals surface area contributed by atoms with Crippen molar-refractivity contribution in [2.45, 2.75) is 18.7 Å². The Morgan fingerprint density at radius 2 is 2.23 bits per heavy atom. The van der Waals surface area contributed by atoms with Crippen LogP contribution in [-0.2, 0) is 5.33 Å². The lowest BCUT2D eigenvalue weighted by Crippen LogP contribution is -1.97. The highest BCUT2D eigenvalue weighted by Gasteiger charge is 2.16. The molecule has 1 nitrogen and oxygen atoms in total. The van der Waals surface area contributed by atoms with Crippen LogP contribution in [0.1, 0.15) is 23.4 Å². The molecule has 1 heterocycles. The molecule has 0 spiro atoms. The second-order valence-corrected chi connectivity index (χ2v) is 3.50. The van der Waals surface area contributed by atoms with Crippen molar-refractivity contribution in [3.63, 3.8) is 0 Å². The summed E-state index contributed by atoms with van der Waals surface area (Å²) >= 11 is 8.87. The van der Waals surface area contributed by atoms with Gasteiger partial charge < -0.3 is 0 Å². The van der Waals surface area contributed by atoms with Gasteiger partial charge in [0.1, 0.15) is 5.69 Å². The molecule has 13 heavy (non-hydrogen) atoms. The number of nitrogens with zero attached hydrogens (tertiary/aromatic N) is 1. The predicted octanol–water partition coefficient (Wildman–Crippen LogP) is 3.88. The van der Waals surface area contributed by atoms with E-state index >= 15 is 0 Å². The maximum atomic E-state index is 12.4. The Labute approximate surface area is 88.2 Å². The SMILES string of the molecule is Cc1cc(CBr)c(Cl)c(C(F)F)n1. The van der Waals surface area contributed by atoms with Crippen LogP contribution in [-0.4, -0.2) is 4.98 Å². The van der Waals surface area contributed by atoms with Crippen LogP contribution >= 0.6 is 27.5 Å². The van der Waals surface area contributed by atoms with E-state index in [0.717, 1.165) is 0 Å². The number of hydrogen-bond acceptors (Lipinski definition) is 1. The van der Waals surface area contributed by atoms with E-state index in [0.29, 0.717) is 16.6 Å². The molecule has 0 aliphatic rings. The van der Waals surface area contributed by atoms with Gasteiger partial charge in [0.2, 0.25) is 0 Å². The van der Waals surface area contributed by atoms with Crippen molar-refractivity contribution in [2.24, 2.45) is 0 Å². The third-order valence-electron chi connectivity index (χ3n) is 1.54. The van der Waals surface area contributed by atoms with Gasteiger partial charge in [0.25, 0.3) is 6.43 Å². The summed E-state index contributed by atoms with van der Waals surface area (Å²) in [7, 11) is 0. The summed E-state index contributed by atoms with van der Waals surface area (Å²) in [5.41, 5.74) is 0.856. The molecule has 0 saturated heterocycles. The monoisotopic (exact) mass is 269 g/mol. The lowest BCUT2D eigenvalue weighted by Gasteiger charge is -2.07. The van der Waals surface area contributed by atoms with Gasteiger partial charge in [-0.15, -0.1) is 0 Å². The molecule has 0 fully saturated rings. The first-order valence-electron chi connectivity index (χ1n) is 3.56. The highest BCUT2D eigenvalue weighted by Crippen LogP contribution is 2.29. The molecule has 0 saturated carbocycles. The maximum Gasteiger partial charge on any atom is 0.281 e. The lowest BCUT2D eigenvalue weighted by atomic mass is 10.2. The first-order valence-corrected chi connectivity index (χ1v) is 5.06. The standard InChI is InChI=1S/C8H7BrClF2N/c1-4-2-5(3-9)6(10)7(13-4)8(11)12/h2,8H,3H2,1H3. The Morgan fingerprint density at radius 1 is 1.62 bits per heavy atom. The number of aromatic nitrogens is 1. The Hall–Kier alpha value is -0.220. The summed E-state index contributed by atoms with van der Waals surface area (Å²) in [4.78, 5) is 3.68. The molecular formula is C8H7BrClF2N. The van der Waals surface area contributed by atoms with Gasteiger partial charge in [-0.3, -0.25) is 4.98 Å². The Bertz CT molecular complexity index is 317. The topological polar surface area (TPSA) is 12.9 Å². The molecule has 72 valence electrons. The first-order chi connectivity index (χ1) is 6.06. The van der Waals surface area contributed by atoms with Crippen LogP contribution in [0, 0.1) is 6.92 Å². The normalized spacial score (nSPS) is 10.9. The second-order valence-electron chi connectivity index (χ2n) is 2.56. The third kappa shape index (κ3) is 2.38. The van der Waals surface area contributed by atoms with Crippen LogP contribution in [0.25, 0.3) is 0 Å². The second kappa shape index (κ2) is 4.33. The van der Waals surface area contributed by atoms with E-state index in [1.807, 2.05) is 0 Å². The molecule has 0 radical (unpaired) electrons. The summed E-state index contributed by atoms with van der Waals surface area (Å²) in [6.07, 6.45) is -2.62. The molecule has 1 aromatic rings. The van der Waals surface area contributed by atoms with E-state index in [4.69, 9.17) is 11.6 Å². The molecule has 0 aliphatic carbocycles. The van der Waals surface area contributed by atoms with Crippen molar-refractivity contribution in [1.29, 1.82) is 0 Å². The number of hydrogen-bond donors (Lipinski definition) is 0. The van der Waals surface area contributed by atoms with E-state index in [-0.39, 0.29) is 10.7 Å². The van der Waals surface area contributed by atoms with E-state index in [1.165, 1.54) is 0 Å². The van der Waals surface area contributed by atoms with Gasteiger partial charge in [0.15, 0.2) is 0 Å². The molecule has 1 aromatic heterocycles. The van der Waals surface area contributed by atoms with Crippen molar-refractivity contribution in [1.82, 2.24) is 4.98 Å². The maximum absolute atomic E-state index is 12.4. The van der Waals surface area contributed by atoms with Crippen LogP contribution in [0.3, 0.4) is 0 Å². The van der Waals surface area contributed by atoms with Crippen LogP contribution in [0.4, 0.5) is 8.78 Å². The summed E-state index contributed by atoms with van der Waals surface area (Å²) in [5, 5.41) is 0.507. The average molecular weight is 271 g/mol. The number of halogens is 4.